The molecule has 1 heterocycles. The first kappa shape index (κ1) is 15.1. The number of carboxylic acids is 1. The van der Waals surface area contributed by atoms with E-state index in [1.54, 1.807) is 19.1 Å². The van der Waals surface area contributed by atoms with E-state index in [1.807, 2.05) is 0 Å². The van der Waals surface area contributed by atoms with Gasteiger partial charge in [-0.25, -0.2) is 13.2 Å². The van der Waals surface area contributed by atoms with Gasteiger partial charge in [-0.05, 0) is 30.2 Å². The average Bonchev–Trinajstić information content (AvgIpc) is 2.89. The van der Waals surface area contributed by atoms with Gasteiger partial charge in [-0.3, -0.25) is 4.72 Å². The molecule has 0 radical (unpaired) electrons. The van der Waals surface area contributed by atoms with Crippen LogP contribution in [0.2, 0.25) is 0 Å². The molecule has 9 heteroatoms. The summed E-state index contributed by atoms with van der Waals surface area (Å²) in [6.07, 6.45) is 3.59. The van der Waals surface area contributed by atoms with Crippen LogP contribution in [0.4, 0.5) is 5.00 Å². The Morgan fingerprint density at radius 2 is 2.19 bits per heavy atom. The first-order chi connectivity index (χ1) is 9.88. The quantitative estimate of drug-likeness (QED) is 0.811. The predicted octanol–water partition coefficient (Wildman–Crippen LogP) is 1.75. The maximum Gasteiger partial charge on any atom is 0.328 e. The summed E-state index contributed by atoms with van der Waals surface area (Å²) in [4.78, 5) is 10.6. The van der Waals surface area contributed by atoms with Crippen molar-refractivity contribution in [1.29, 1.82) is 0 Å². The van der Waals surface area contributed by atoms with Crippen LogP contribution in [-0.2, 0) is 14.8 Å². The Kier molecular flexibility index (Phi) is 4.34. The number of carbonyl (C=O) groups is 1. The lowest BCUT2D eigenvalue weighted by molar-refractivity contribution is -0.131. The molecule has 7 nitrogen and oxygen atoms in total. The molecule has 0 bridgehead atoms. The van der Waals surface area contributed by atoms with Crippen molar-refractivity contribution in [3.8, 4) is 0 Å². The average molecular weight is 325 g/mol. The Labute approximate surface area is 125 Å². The molecule has 0 aliphatic carbocycles. The van der Waals surface area contributed by atoms with Gasteiger partial charge in [0.05, 0.1) is 11.1 Å². The Balaban J connectivity index is 2.38. The molecular formula is C12H11N3O4S2. The third kappa shape index (κ3) is 3.86. The van der Waals surface area contributed by atoms with Crippen molar-refractivity contribution in [1.82, 2.24) is 9.59 Å². The predicted molar refractivity (Wildman–Crippen MR) is 78.6 cm³/mol. The van der Waals surface area contributed by atoms with Gasteiger partial charge < -0.3 is 5.11 Å². The Bertz CT molecular complexity index is 783. The van der Waals surface area contributed by atoms with Crippen LogP contribution in [0.15, 0.2) is 35.4 Å². The molecule has 1 aromatic carbocycles. The number of carboxylic acid groups (broad SMARTS) is 1. The maximum atomic E-state index is 12.3. The molecule has 21 heavy (non-hydrogen) atoms. The fraction of sp³-hybridized carbons (Fsp3) is 0.0833. The minimum absolute atomic E-state index is 0.0726. The zero-order valence-corrected chi connectivity index (χ0v) is 12.5. The van der Waals surface area contributed by atoms with Crippen molar-refractivity contribution in [3.05, 3.63) is 41.6 Å². The Morgan fingerprint density at radius 1 is 1.43 bits per heavy atom. The fourth-order valence-electron chi connectivity index (χ4n) is 1.58. The van der Waals surface area contributed by atoms with Gasteiger partial charge in [0.1, 0.15) is 5.00 Å². The lowest BCUT2D eigenvalue weighted by Crippen LogP contribution is -2.13. The van der Waals surface area contributed by atoms with E-state index >= 15 is 0 Å². The lowest BCUT2D eigenvalue weighted by Gasteiger charge is -2.09. The van der Waals surface area contributed by atoms with Gasteiger partial charge in [-0.1, -0.05) is 16.6 Å². The first-order valence-corrected chi connectivity index (χ1v) is 7.96. The monoisotopic (exact) mass is 325 g/mol. The summed E-state index contributed by atoms with van der Waals surface area (Å²) in [7, 11) is -3.78. The van der Waals surface area contributed by atoms with Crippen molar-refractivity contribution >= 4 is 38.6 Å². The molecule has 0 amide bonds. The van der Waals surface area contributed by atoms with Crippen LogP contribution in [-0.4, -0.2) is 29.1 Å². The minimum atomic E-state index is -3.78. The molecule has 110 valence electrons. The molecule has 0 saturated carbocycles. The van der Waals surface area contributed by atoms with Gasteiger partial charge in [0, 0.05) is 17.6 Å². The second-order valence-electron chi connectivity index (χ2n) is 4.08. The standard InChI is InChI=1S/C12H11N3O4S2/c1-8-2-3-9(4-5-12(16)17)6-10(8)21(18,19)14-11-7-13-15-20-11/h2-7,14H,1H3,(H,16,17)/b5-4+. The molecule has 0 aliphatic heterocycles. The van der Waals surface area contributed by atoms with Gasteiger partial charge in [0.25, 0.3) is 10.0 Å². The molecule has 2 rings (SSSR count). The van der Waals surface area contributed by atoms with Gasteiger partial charge in [-0.2, -0.15) is 0 Å². The lowest BCUT2D eigenvalue weighted by atomic mass is 10.1. The van der Waals surface area contributed by atoms with E-state index in [0.717, 1.165) is 17.6 Å². The number of sulfonamides is 1. The third-order valence-electron chi connectivity index (χ3n) is 2.52. The van der Waals surface area contributed by atoms with Crippen molar-refractivity contribution in [3.63, 3.8) is 0 Å². The zero-order chi connectivity index (χ0) is 15.5. The van der Waals surface area contributed by atoms with Crippen LogP contribution in [0.1, 0.15) is 11.1 Å². The second kappa shape index (κ2) is 6.02. The van der Waals surface area contributed by atoms with Crippen LogP contribution in [0.25, 0.3) is 6.08 Å². The molecule has 0 unspecified atom stereocenters. The van der Waals surface area contributed by atoms with E-state index in [9.17, 15) is 13.2 Å². The highest BCUT2D eigenvalue weighted by Crippen LogP contribution is 2.22. The van der Waals surface area contributed by atoms with Crippen LogP contribution in [0, 0.1) is 6.92 Å². The number of aromatic nitrogens is 2. The van der Waals surface area contributed by atoms with Crippen LogP contribution < -0.4 is 4.72 Å². The molecule has 1 aromatic heterocycles. The van der Waals surface area contributed by atoms with Crippen molar-refractivity contribution < 1.29 is 18.3 Å². The normalized spacial score (nSPS) is 11.7. The molecule has 2 aromatic rings. The van der Waals surface area contributed by atoms with E-state index < -0.39 is 16.0 Å². The summed E-state index contributed by atoms with van der Waals surface area (Å²) < 4.78 is 30.6. The summed E-state index contributed by atoms with van der Waals surface area (Å²) in [5.74, 6) is -1.10. The molecule has 2 N–H and O–H groups in total. The number of nitrogens with zero attached hydrogens (tertiary/aromatic N) is 2. The van der Waals surface area contributed by atoms with Gasteiger partial charge >= 0.3 is 5.97 Å². The summed E-state index contributed by atoms with van der Waals surface area (Å²) >= 11 is 0.926. The van der Waals surface area contributed by atoms with Crippen molar-refractivity contribution in [2.24, 2.45) is 0 Å². The number of benzene rings is 1. The van der Waals surface area contributed by atoms with E-state index in [-0.39, 0.29) is 4.90 Å². The van der Waals surface area contributed by atoms with Gasteiger partial charge in [0.15, 0.2) is 0 Å². The zero-order valence-electron chi connectivity index (χ0n) is 10.8. The number of anilines is 1. The minimum Gasteiger partial charge on any atom is -0.478 e. The van der Waals surface area contributed by atoms with Gasteiger partial charge in [-0.15, -0.1) is 5.10 Å². The first-order valence-electron chi connectivity index (χ1n) is 5.70. The third-order valence-corrected chi connectivity index (χ3v) is 4.73. The number of nitrogens with one attached hydrogen (secondary N) is 1. The number of rotatable bonds is 5. The molecule has 0 aliphatic rings. The largest absolute Gasteiger partial charge is 0.478 e. The van der Waals surface area contributed by atoms with Gasteiger partial charge in [0.2, 0.25) is 0 Å². The Hall–Kier alpha value is -2.26. The molecule has 0 spiro atoms. The van der Waals surface area contributed by atoms with Crippen molar-refractivity contribution in [2.45, 2.75) is 11.8 Å². The summed E-state index contributed by atoms with van der Waals surface area (Å²) in [5, 5.41) is 12.5. The SMILES string of the molecule is Cc1ccc(/C=C/C(=O)O)cc1S(=O)(=O)Nc1cnns1. The van der Waals surface area contributed by atoms with Crippen LogP contribution >= 0.6 is 11.5 Å². The fourth-order valence-corrected chi connectivity index (χ4v) is 3.54. The number of aryl methyl sites for hydroxylation is 1. The van der Waals surface area contributed by atoms with E-state index in [4.69, 9.17) is 5.11 Å². The topological polar surface area (TPSA) is 109 Å². The van der Waals surface area contributed by atoms with E-state index in [2.05, 4.69) is 14.3 Å². The molecule has 0 fully saturated rings. The molecule has 0 saturated heterocycles. The summed E-state index contributed by atoms with van der Waals surface area (Å²) in [6.45, 7) is 1.66. The highest BCUT2D eigenvalue weighted by molar-refractivity contribution is 7.93. The maximum absolute atomic E-state index is 12.3. The Morgan fingerprint density at radius 3 is 2.81 bits per heavy atom. The smallest absolute Gasteiger partial charge is 0.328 e. The van der Waals surface area contributed by atoms with Crippen molar-refractivity contribution in [2.75, 3.05) is 4.72 Å². The summed E-state index contributed by atoms with van der Waals surface area (Å²) in [6, 6.07) is 4.66. The van der Waals surface area contributed by atoms with E-state index in [1.165, 1.54) is 18.3 Å². The second-order valence-corrected chi connectivity index (χ2v) is 6.52. The molecule has 0 atom stereocenters. The number of hydrogen-bond donors (Lipinski definition) is 2. The highest BCUT2D eigenvalue weighted by Gasteiger charge is 2.18. The van der Waals surface area contributed by atoms with Crippen LogP contribution in [0.3, 0.4) is 0 Å². The number of hydrogen-bond acceptors (Lipinski definition) is 6. The number of aliphatic carboxylic acids is 1. The summed E-state index contributed by atoms with van der Waals surface area (Å²) in [5.41, 5.74) is 1.03. The highest BCUT2D eigenvalue weighted by atomic mass is 32.2. The van der Waals surface area contributed by atoms with Crippen LogP contribution in [0.5, 0.6) is 0 Å². The molecular weight excluding hydrogens is 314 g/mol. The van der Waals surface area contributed by atoms with E-state index in [0.29, 0.717) is 16.1 Å².